The van der Waals surface area contributed by atoms with Crippen LogP contribution in [-0.2, 0) is 4.79 Å². The fraction of sp³-hybridized carbons (Fsp3) is 0.0952. The lowest BCUT2D eigenvalue weighted by molar-refractivity contribution is -0.114. The molecule has 0 atom stereocenters. The molecule has 3 aromatic rings. The topological polar surface area (TPSA) is 74.3 Å². The van der Waals surface area contributed by atoms with Crippen LogP contribution in [0.1, 0.15) is 17.3 Å². The number of hydrogen-bond acceptors (Lipinski definition) is 4. The Labute approximate surface area is 157 Å². The zero-order valence-corrected chi connectivity index (χ0v) is 15.1. The Morgan fingerprint density at radius 3 is 2.22 bits per heavy atom. The molecule has 0 aliphatic carbocycles. The Morgan fingerprint density at radius 2 is 1.56 bits per heavy atom. The summed E-state index contributed by atoms with van der Waals surface area (Å²) < 4.78 is 0. The maximum Gasteiger partial charge on any atom is 0.259 e. The lowest BCUT2D eigenvalue weighted by atomic mass is 10.2. The van der Waals surface area contributed by atoms with E-state index in [1.807, 2.05) is 42.5 Å². The monoisotopic (exact) mass is 360 g/mol. The molecule has 0 fully saturated rings. The number of carbonyl (C=O) groups excluding carboxylic acids is 2. The van der Waals surface area contributed by atoms with E-state index in [0.717, 1.165) is 17.1 Å². The van der Waals surface area contributed by atoms with Gasteiger partial charge in [-0.2, -0.15) is 0 Å². The van der Waals surface area contributed by atoms with Crippen LogP contribution in [-0.4, -0.2) is 23.8 Å². The van der Waals surface area contributed by atoms with Crippen molar-refractivity contribution in [2.24, 2.45) is 0 Å². The Balaban J connectivity index is 1.73. The van der Waals surface area contributed by atoms with Crippen LogP contribution in [0, 0.1) is 0 Å². The van der Waals surface area contributed by atoms with Crippen LogP contribution >= 0.6 is 0 Å². The van der Waals surface area contributed by atoms with Crippen molar-refractivity contribution in [3.63, 3.8) is 0 Å². The number of aromatic nitrogens is 1. The Hall–Kier alpha value is -3.67. The summed E-state index contributed by atoms with van der Waals surface area (Å²) in [4.78, 5) is 29.5. The van der Waals surface area contributed by atoms with Crippen LogP contribution in [0.4, 0.5) is 22.7 Å². The highest BCUT2D eigenvalue weighted by Crippen LogP contribution is 2.21. The van der Waals surface area contributed by atoms with Crippen molar-refractivity contribution in [1.82, 2.24) is 4.98 Å². The third-order valence-corrected chi connectivity index (χ3v) is 3.93. The smallest absolute Gasteiger partial charge is 0.259 e. The minimum Gasteiger partial charge on any atom is -0.354 e. The van der Waals surface area contributed by atoms with Gasteiger partial charge in [0, 0.05) is 37.2 Å². The lowest BCUT2D eigenvalue weighted by Crippen LogP contribution is -2.26. The average molecular weight is 360 g/mol. The number of amides is 2. The van der Waals surface area contributed by atoms with E-state index in [0.29, 0.717) is 11.3 Å². The Bertz CT molecular complexity index is 940. The standard InChI is InChI=1S/C21H20N4O2/c1-15(26)23-17-8-10-18(11-9-17)24-19-12-16(13-22-14-19)21(27)25(2)20-6-4-3-5-7-20/h3-14,24H,1-2H3,(H,23,26). The first-order chi connectivity index (χ1) is 13.0. The highest BCUT2D eigenvalue weighted by atomic mass is 16.2. The first-order valence-corrected chi connectivity index (χ1v) is 8.46. The summed E-state index contributed by atoms with van der Waals surface area (Å²) in [6.07, 6.45) is 3.20. The largest absolute Gasteiger partial charge is 0.354 e. The molecule has 0 bridgehead atoms. The van der Waals surface area contributed by atoms with Crippen LogP contribution in [0.2, 0.25) is 0 Å². The highest BCUT2D eigenvalue weighted by Gasteiger charge is 2.14. The van der Waals surface area contributed by atoms with Crippen molar-refractivity contribution in [3.05, 3.63) is 78.6 Å². The molecule has 0 saturated carbocycles. The number of rotatable bonds is 5. The number of para-hydroxylation sites is 1. The number of benzene rings is 2. The van der Waals surface area contributed by atoms with Crippen molar-refractivity contribution in [3.8, 4) is 0 Å². The predicted octanol–water partition coefficient (Wildman–Crippen LogP) is 4.06. The van der Waals surface area contributed by atoms with Crippen molar-refractivity contribution in [2.75, 3.05) is 22.6 Å². The fourth-order valence-electron chi connectivity index (χ4n) is 2.59. The van der Waals surface area contributed by atoms with Crippen molar-refractivity contribution in [1.29, 1.82) is 0 Å². The maximum absolute atomic E-state index is 12.7. The minimum atomic E-state index is -0.140. The van der Waals surface area contributed by atoms with E-state index < -0.39 is 0 Å². The summed E-state index contributed by atoms with van der Waals surface area (Å²) in [5.74, 6) is -0.257. The van der Waals surface area contributed by atoms with Crippen LogP contribution < -0.4 is 15.5 Å². The zero-order chi connectivity index (χ0) is 19.2. The second-order valence-electron chi connectivity index (χ2n) is 6.05. The van der Waals surface area contributed by atoms with Crippen molar-refractivity contribution < 1.29 is 9.59 Å². The van der Waals surface area contributed by atoms with E-state index in [1.165, 1.54) is 6.92 Å². The van der Waals surface area contributed by atoms with Crippen LogP contribution in [0.15, 0.2) is 73.1 Å². The van der Waals surface area contributed by atoms with Gasteiger partial charge in [-0.3, -0.25) is 14.6 Å². The van der Waals surface area contributed by atoms with E-state index in [9.17, 15) is 9.59 Å². The van der Waals surface area contributed by atoms with Crippen LogP contribution in [0.25, 0.3) is 0 Å². The van der Waals surface area contributed by atoms with E-state index >= 15 is 0 Å². The molecule has 1 heterocycles. The molecule has 1 aromatic heterocycles. The van der Waals surface area contributed by atoms with Gasteiger partial charge in [0.05, 0.1) is 17.4 Å². The molecule has 0 radical (unpaired) electrons. The number of nitrogens with zero attached hydrogens (tertiary/aromatic N) is 2. The normalized spacial score (nSPS) is 10.1. The third-order valence-electron chi connectivity index (χ3n) is 3.93. The molecule has 3 rings (SSSR count). The molecule has 6 nitrogen and oxygen atoms in total. The molecule has 0 saturated heterocycles. The van der Waals surface area contributed by atoms with Gasteiger partial charge in [0.15, 0.2) is 0 Å². The molecule has 27 heavy (non-hydrogen) atoms. The highest BCUT2D eigenvalue weighted by molar-refractivity contribution is 6.06. The lowest BCUT2D eigenvalue weighted by Gasteiger charge is -2.17. The minimum absolute atomic E-state index is 0.117. The maximum atomic E-state index is 12.7. The average Bonchev–Trinajstić information content (AvgIpc) is 2.69. The van der Waals surface area contributed by atoms with Gasteiger partial charge in [-0.1, -0.05) is 18.2 Å². The van der Waals surface area contributed by atoms with Gasteiger partial charge in [0.1, 0.15) is 0 Å². The number of hydrogen-bond donors (Lipinski definition) is 2. The van der Waals surface area contributed by atoms with Gasteiger partial charge in [-0.05, 0) is 42.5 Å². The van der Waals surface area contributed by atoms with Gasteiger partial charge in [-0.15, -0.1) is 0 Å². The number of anilines is 4. The molecule has 2 N–H and O–H groups in total. The van der Waals surface area contributed by atoms with Gasteiger partial charge in [0.25, 0.3) is 5.91 Å². The molecule has 0 aliphatic heterocycles. The molecular weight excluding hydrogens is 340 g/mol. The summed E-state index contributed by atoms with van der Waals surface area (Å²) in [6.45, 7) is 1.47. The molecule has 0 unspecified atom stereocenters. The van der Waals surface area contributed by atoms with Crippen molar-refractivity contribution in [2.45, 2.75) is 6.92 Å². The Kier molecular flexibility index (Phi) is 5.47. The van der Waals surface area contributed by atoms with Crippen LogP contribution in [0.3, 0.4) is 0 Å². The van der Waals surface area contributed by atoms with Gasteiger partial charge < -0.3 is 15.5 Å². The molecule has 2 aromatic carbocycles. The summed E-state index contributed by atoms with van der Waals surface area (Å²) in [6, 6.07) is 18.5. The quantitative estimate of drug-likeness (QED) is 0.719. The summed E-state index contributed by atoms with van der Waals surface area (Å²) in [5, 5.41) is 5.93. The van der Waals surface area contributed by atoms with Crippen molar-refractivity contribution >= 4 is 34.6 Å². The van der Waals surface area contributed by atoms with Gasteiger partial charge >= 0.3 is 0 Å². The predicted molar refractivity (Wildman–Crippen MR) is 107 cm³/mol. The Morgan fingerprint density at radius 1 is 0.889 bits per heavy atom. The third kappa shape index (κ3) is 4.70. The van der Waals surface area contributed by atoms with E-state index in [-0.39, 0.29) is 11.8 Å². The number of pyridine rings is 1. The molecule has 6 heteroatoms. The number of carbonyl (C=O) groups is 2. The summed E-state index contributed by atoms with van der Waals surface area (Å²) >= 11 is 0. The summed E-state index contributed by atoms with van der Waals surface area (Å²) in [7, 11) is 1.73. The van der Waals surface area contributed by atoms with E-state index in [1.54, 1.807) is 42.5 Å². The second kappa shape index (κ2) is 8.14. The fourth-order valence-corrected chi connectivity index (χ4v) is 2.59. The molecular formula is C21H20N4O2. The molecule has 0 aliphatic rings. The van der Waals surface area contributed by atoms with Gasteiger partial charge in [0.2, 0.25) is 5.91 Å². The van der Waals surface area contributed by atoms with E-state index in [4.69, 9.17) is 0 Å². The molecule has 0 spiro atoms. The number of nitrogens with one attached hydrogen (secondary N) is 2. The van der Waals surface area contributed by atoms with E-state index in [2.05, 4.69) is 15.6 Å². The second-order valence-corrected chi connectivity index (χ2v) is 6.05. The van der Waals surface area contributed by atoms with Crippen LogP contribution in [0.5, 0.6) is 0 Å². The summed E-state index contributed by atoms with van der Waals surface area (Å²) in [5.41, 5.74) is 3.55. The molecule has 2 amide bonds. The zero-order valence-electron chi connectivity index (χ0n) is 15.1. The first kappa shape index (κ1) is 18.1. The SMILES string of the molecule is CC(=O)Nc1ccc(Nc2cncc(C(=O)N(C)c3ccccc3)c2)cc1. The first-order valence-electron chi connectivity index (χ1n) is 8.46. The molecule has 136 valence electrons. The van der Waals surface area contributed by atoms with Gasteiger partial charge in [-0.25, -0.2) is 0 Å².